The van der Waals surface area contributed by atoms with Crippen LogP contribution in [0, 0.1) is 0 Å². The van der Waals surface area contributed by atoms with Crippen molar-refractivity contribution in [2.24, 2.45) is 0 Å². The van der Waals surface area contributed by atoms with E-state index in [-0.39, 0.29) is 18.3 Å². The van der Waals surface area contributed by atoms with E-state index in [4.69, 9.17) is 17.4 Å². The molecule has 276 valence electrons. The first-order chi connectivity index (χ1) is 29.2. The molecule has 9 aromatic rings. The van der Waals surface area contributed by atoms with Gasteiger partial charge in [0.15, 0.2) is 11.6 Å². The van der Waals surface area contributed by atoms with E-state index in [1.165, 1.54) is 0 Å². The summed E-state index contributed by atoms with van der Waals surface area (Å²) in [5.41, 5.74) is 7.94. The molecule has 0 atom stereocenters. The molecule has 3 aromatic heterocycles. The molecule has 1 aliphatic heterocycles. The molecular formula is C50H40N6O. The SMILES string of the molecule is [2H]c1nc(-n2c3ccccc3c3ccc(Oc4cccc(N5CN(c6c(-c7ccccc7)cccc6-c6ccccc6)c6nccnc65)c4)cc32)c([2H])c(C(C)(C)C)c1[2H]. The van der Waals surface area contributed by atoms with Gasteiger partial charge in [-0.15, -0.1) is 0 Å². The zero-order chi connectivity index (χ0) is 41.1. The Hall–Kier alpha value is -7.25. The molecule has 0 fully saturated rings. The van der Waals surface area contributed by atoms with Gasteiger partial charge in [0.1, 0.15) is 24.0 Å². The molecule has 0 aliphatic carbocycles. The van der Waals surface area contributed by atoms with Crippen LogP contribution in [-0.4, -0.2) is 26.2 Å². The second kappa shape index (κ2) is 13.8. The van der Waals surface area contributed by atoms with Gasteiger partial charge in [0, 0.05) is 58.3 Å². The van der Waals surface area contributed by atoms with E-state index in [0.717, 1.165) is 67.1 Å². The maximum Gasteiger partial charge on any atom is 0.178 e. The van der Waals surface area contributed by atoms with Crippen LogP contribution in [-0.2, 0) is 5.41 Å². The number of ether oxygens (including phenoxy) is 1. The number of fused-ring (bicyclic) bond motifs is 4. The minimum absolute atomic E-state index is 0.0207. The highest BCUT2D eigenvalue weighted by Gasteiger charge is 2.34. The molecule has 1 aliphatic rings. The normalized spacial score (nSPS) is 13.4. The Morgan fingerprint density at radius 1 is 0.596 bits per heavy atom. The highest BCUT2D eigenvalue weighted by molar-refractivity contribution is 6.09. The van der Waals surface area contributed by atoms with Crippen molar-refractivity contribution < 1.29 is 8.85 Å². The molecular weight excluding hydrogens is 701 g/mol. The van der Waals surface area contributed by atoms with Crippen molar-refractivity contribution in [3.8, 4) is 39.6 Å². The van der Waals surface area contributed by atoms with Crippen LogP contribution in [0.4, 0.5) is 23.0 Å². The summed E-state index contributed by atoms with van der Waals surface area (Å²) in [5, 5.41) is 1.95. The molecule has 0 bridgehead atoms. The van der Waals surface area contributed by atoms with E-state index >= 15 is 0 Å². The number of benzene rings is 6. The van der Waals surface area contributed by atoms with Crippen LogP contribution in [0.25, 0.3) is 49.9 Å². The average molecular weight is 744 g/mol. The number of aromatic nitrogens is 4. The molecule has 0 spiro atoms. The molecule has 0 saturated carbocycles. The lowest BCUT2D eigenvalue weighted by Gasteiger charge is -2.26. The highest BCUT2D eigenvalue weighted by atomic mass is 16.5. The Morgan fingerprint density at radius 3 is 1.95 bits per heavy atom. The number of para-hydroxylation sites is 2. The van der Waals surface area contributed by atoms with Gasteiger partial charge in [0.05, 0.1) is 20.8 Å². The molecule has 7 heteroatoms. The molecule has 6 aromatic carbocycles. The van der Waals surface area contributed by atoms with E-state index in [1.807, 2.05) is 98.1 Å². The maximum atomic E-state index is 9.30. The van der Waals surface area contributed by atoms with Crippen LogP contribution in [0.2, 0.25) is 0 Å². The summed E-state index contributed by atoms with van der Waals surface area (Å²) in [5.74, 6) is 3.04. The van der Waals surface area contributed by atoms with Crippen LogP contribution in [0.1, 0.15) is 30.4 Å². The lowest BCUT2D eigenvalue weighted by molar-refractivity contribution is 0.483. The fraction of sp³-hybridized carbons (Fsp3) is 0.100. The van der Waals surface area contributed by atoms with Crippen LogP contribution in [0.15, 0.2) is 176 Å². The standard InChI is InChI=1S/C50H40N6O/c1-50(2,3)36-26-27-51-46(30-36)56-44-23-11-10-20-42(44)43-25-24-39(32-45(43)56)57-38-19-12-18-37(31-38)54-33-55(49-48(54)52-28-29-53-49)47-40(34-14-6-4-7-15-34)21-13-22-41(47)35-16-8-5-9-17-35/h4-32H,33H2,1-3H3/i26D,27D,30D. The number of pyridine rings is 1. The third kappa shape index (κ3) is 6.14. The first-order valence-corrected chi connectivity index (χ1v) is 19.1. The van der Waals surface area contributed by atoms with E-state index in [0.29, 0.717) is 29.5 Å². The first kappa shape index (κ1) is 31.0. The summed E-state index contributed by atoms with van der Waals surface area (Å²) in [4.78, 5) is 18.7. The third-order valence-corrected chi connectivity index (χ3v) is 10.5. The Labute approximate surface area is 336 Å². The molecule has 0 saturated heterocycles. The van der Waals surface area contributed by atoms with Crippen molar-refractivity contribution in [1.29, 1.82) is 0 Å². The summed E-state index contributed by atoms with van der Waals surface area (Å²) in [6.07, 6.45) is 3.31. The minimum Gasteiger partial charge on any atom is -0.457 e. The summed E-state index contributed by atoms with van der Waals surface area (Å²) in [6, 6.07) is 49.4. The number of nitrogens with zero attached hydrogens (tertiary/aromatic N) is 6. The zero-order valence-electron chi connectivity index (χ0n) is 34.8. The summed E-state index contributed by atoms with van der Waals surface area (Å²) < 4.78 is 35.2. The lowest BCUT2D eigenvalue weighted by atomic mass is 9.88. The summed E-state index contributed by atoms with van der Waals surface area (Å²) >= 11 is 0. The van der Waals surface area contributed by atoms with Crippen LogP contribution in [0.3, 0.4) is 0 Å². The predicted molar refractivity (Wildman–Crippen MR) is 232 cm³/mol. The van der Waals surface area contributed by atoms with Gasteiger partial charge >= 0.3 is 0 Å². The van der Waals surface area contributed by atoms with E-state index in [9.17, 15) is 1.37 Å². The predicted octanol–water partition coefficient (Wildman–Crippen LogP) is 12.6. The van der Waals surface area contributed by atoms with Crippen LogP contribution >= 0.6 is 0 Å². The highest BCUT2D eigenvalue weighted by Crippen LogP contribution is 2.48. The van der Waals surface area contributed by atoms with Crippen LogP contribution < -0.4 is 14.5 Å². The van der Waals surface area contributed by atoms with Crippen LogP contribution in [0.5, 0.6) is 11.5 Å². The molecule has 57 heavy (non-hydrogen) atoms. The fourth-order valence-electron chi connectivity index (χ4n) is 7.78. The van der Waals surface area contributed by atoms with Gasteiger partial charge in [0.25, 0.3) is 0 Å². The molecule has 7 nitrogen and oxygen atoms in total. The summed E-state index contributed by atoms with van der Waals surface area (Å²) in [7, 11) is 0. The smallest absolute Gasteiger partial charge is 0.178 e. The van der Waals surface area contributed by atoms with Crippen molar-refractivity contribution in [2.45, 2.75) is 26.2 Å². The quantitative estimate of drug-likeness (QED) is 0.162. The molecule has 0 unspecified atom stereocenters. The molecule has 0 amide bonds. The zero-order valence-corrected chi connectivity index (χ0v) is 31.8. The number of hydrogen-bond acceptors (Lipinski definition) is 6. The number of hydrogen-bond donors (Lipinski definition) is 0. The van der Waals surface area contributed by atoms with Crippen molar-refractivity contribution in [3.63, 3.8) is 0 Å². The Morgan fingerprint density at radius 2 is 1.23 bits per heavy atom. The Bertz CT molecular complexity index is 3030. The lowest BCUT2D eigenvalue weighted by Crippen LogP contribution is -2.25. The van der Waals surface area contributed by atoms with E-state index in [2.05, 4.69) is 87.6 Å². The van der Waals surface area contributed by atoms with Crippen molar-refractivity contribution in [1.82, 2.24) is 19.5 Å². The maximum absolute atomic E-state index is 9.30. The molecule has 4 heterocycles. The second-order valence-electron chi connectivity index (χ2n) is 15.2. The van der Waals surface area contributed by atoms with E-state index in [1.54, 1.807) is 12.4 Å². The van der Waals surface area contributed by atoms with Gasteiger partial charge in [-0.3, -0.25) is 4.57 Å². The third-order valence-electron chi connectivity index (χ3n) is 10.5. The van der Waals surface area contributed by atoms with Crippen molar-refractivity contribution >= 4 is 44.8 Å². The monoisotopic (exact) mass is 743 g/mol. The average Bonchev–Trinajstić information content (AvgIpc) is 3.81. The van der Waals surface area contributed by atoms with E-state index < -0.39 is 5.41 Å². The summed E-state index contributed by atoms with van der Waals surface area (Å²) in [6.45, 7) is 6.35. The van der Waals surface area contributed by atoms with Crippen molar-refractivity contribution in [2.75, 3.05) is 16.5 Å². The number of rotatable bonds is 7. The molecule has 0 radical (unpaired) electrons. The largest absolute Gasteiger partial charge is 0.457 e. The Kier molecular flexibility index (Phi) is 7.51. The van der Waals surface area contributed by atoms with Gasteiger partial charge in [-0.2, -0.15) is 0 Å². The fourth-order valence-corrected chi connectivity index (χ4v) is 7.78. The first-order valence-electron chi connectivity index (χ1n) is 20.6. The van der Waals surface area contributed by atoms with Gasteiger partial charge in [-0.25, -0.2) is 15.0 Å². The van der Waals surface area contributed by atoms with Gasteiger partial charge in [0.2, 0.25) is 0 Å². The molecule has 0 N–H and O–H groups in total. The minimum atomic E-state index is -0.534. The van der Waals surface area contributed by atoms with Gasteiger partial charge in [-0.05, 0) is 64.5 Å². The number of anilines is 4. The van der Waals surface area contributed by atoms with Crippen molar-refractivity contribution in [3.05, 3.63) is 182 Å². The Balaban J connectivity index is 1.05. The van der Waals surface area contributed by atoms with Gasteiger partial charge in [-0.1, -0.05) is 124 Å². The second-order valence-corrected chi connectivity index (χ2v) is 15.2. The van der Waals surface area contributed by atoms with Gasteiger partial charge < -0.3 is 14.5 Å². The molecule has 10 rings (SSSR count). The topological polar surface area (TPSA) is 59.3 Å².